The molecule has 122 valence electrons. The van der Waals surface area contributed by atoms with Gasteiger partial charge in [-0.05, 0) is 35.9 Å². The monoisotopic (exact) mass is 385 g/mol. The lowest BCUT2D eigenvalue weighted by atomic mass is 10.1. The molecule has 0 saturated heterocycles. The summed E-state index contributed by atoms with van der Waals surface area (Å²) in [5, 5.41) is 6.40. The Morgan fingerprint density at radius 1 is 1.00 bits per heavy atom. The Morgan fingerprint density at radius 3 is 2.54 bits per heavy atom. The molecule has 0 saturated carbocycles. The fourth-order valence-corrected chi connectivity index (χ4v) is 2.69. The summed E-state index contributed by atoms with van der Waals surface area (Å²) in [6.45, 7) is -0.0583. The van der Waals surface area contributed by atoms with Gasteiger partial charge in [0.25, 0.3) is 0 Å². The number of H-pyrrole nitrogens is 1. The van der Waals surface area contributed by atoms with Gasteiger partial charge in [-0.15, -0.1) is 0 Å². The van der Waals surface area contributed by atoms with E-state index in [9.17, 15) is 9.59 Å². The van der Waals surface area contributed by atoms with Gasteiger partial charge in [0.2, 0.25) is 11.8 Å². The van der Waals surface area contributed by atoms with Crippen molar-refractivity contribution in [3.63, 3.8) is 0 Å². The maximum absolute atomic E-state index is 12.0. The summed E-state index contributed by atoms with van der Waals surface area (Å²) >= 11 is 3.33. The van der Waals surface area contributed by atoms with E-state index in [4.69, 9.17) is 0 Å². The number of carbonyl (C=O) groups excluding carboxylic acids is 2. The molecule has 3 rings (SSSR count). The van der Waals surface area contributed by atoms with E-state index < -0.39 is 0 Å². The molecule has 0 aliphatic rings. The Morgan fingerprint density at radius 2 is 1.75 bits per heavy atom. The van der Waals surface area contributed by atoms with Crippen molar-refractivity contribution in [2.45, 2.75) is 6.42 Å². The van der Waals surface area contributed by atoms with Gasteiger partial charge < -0.3 is 15.6 Å². The number of halogens is 1. The average molecular weight is 386 g/mol. The van der Waals surface area contributed by atoms with Crippen LogP contribution in [0.4, 0.5) is 5.69 Å². The molecule has 1 aromatic heterocycles. The standard InChI is InChI=1S/C18H16BrN3O2/c19-13-5-7-14(8-6-13)22-18(24)11-21-17(23)9-12-10-20-16-4-2-1-3-15(12)16/h1-8,10,20H,9,11H2,(H,21,23)(H,22,24). The third kappa shape index (κ3) is 4.02. The van der Waals surface area contributed by atoms with E-state index in [1.807, 2.05) is 42.6 Å². The molecule has 0 radical (unpaired) electrons. The van der Waals surface area contributed by atoms with Crippen LogP contribution in [0.2, 0.25) is 0 Å². The first-order chi connectivity index (χ1) is 11.6. The van der Waals surface area contributed by atoms with Crippen LogP contribution in [0.3, 0.4) is 0 Å². The smallest absolute Gasteiger partial charge is 0.243 e. The quantitative estimate of drug-likeness (QED) is 0.630. The molecule has 1 heterocycles. The average Bonchev–Trinajstić information content (AvgIpc) is 2.98. The van der Waals surface area contributed by atoms with E-state index in [0.29, 0.717) is 5.69 Å². The highest BCUT2D eigenvalue weighted by Crippen LogP contribution is 2.18. The predicted molar refractivity (Wildman–Crippen MR) is 97.8 cm³/mol. The molecule has 24 heavy (non-hydrogen) atoms. The number of rotatable bonds is 5. The molecular formula is C18H16BrN3O2. The van der Waals surface area contributed by atoms with E-state index >= 15 is 0 Å². The molecule has 0 aliphatic heterocycles. The molecule has 0 aliphatic carbocycles. The fraction of sp³-hybridized carbons (Fsp3) is 0.111. The minimum atomic E-state index is -0.260. The first-order valence-corrected chi connectivity index (χ1v) is 8.28. The van der Waals surface area contributed by atoms with Crippen molar-refractivity contribution in [2.75, 3.05) is 11.9 Å². The normalized spacial score (nSPS) is 10.5. The van der Waals surface area contributed by atoms with Crippen LogP contribution in [-0.2, 0) is 16.0 Å². The second-order valence-electron chi connectivity index (χ2n) is 5.37. The first-order valence-electron chi connectivity index (χ1n) is 7.49. The minimum Gasteiger partial charge on any atom is -0.361 e. The lowest BCUT2D eigenvalue weighted by molar-refractivity contribution is -0.123. The Balaban J connectivity index is 1.52. The van der Waals surface area contributed by atoms with Gasteiger partial charge in [0.15, 0.2) is 0 Å². The lowest BCUT2D eigenvalue weighted by Gasteiger charge is -2.07. The van der Waals surface area contributed by atoms with Gasteiger partial charge in [0.05, 0.1) is 13.0 Å². The van der Waals surface area contributed by atoms with Crippen molar-refractivity contribution in [1.82, 2.24) is 10.3 Å². The van der Waals surface area contributed by atoms with Crippen LogP contribution in [0.15, 0.2) is 59.2 Å². The highest BCUT2D eigenvalue weighted by molar-refractivity contribution is 9.10. The van der Waals surface area contributed by atoms with E-state index in [1.54, 1.807) is 12.1 Å². The topological polar surface area (TPSA) is 74.0 Å². The van der Waals surface area contributed by atoms with E-state index in [1.165, 1.54) is 0 Å². The second-order valence-corrected chi connectivity index (χ2v) is 6.28. The number of anilines is 1. The summed E-state index contributed by atoms with van der Waals surface area (Å²) in [6, 6.07) is 15.1. The number of carbonyl (C=O) groups is 2. The summed E-state index contributed by atoms with van der Waals surface area (Å²) < 4.78 is 0.938. The molecule has 5 nitrogen and oxygen atoms in total. The molecule has 0 fully saturated rings. The summed E-state index contributed by atoms with van der Waals surface area (Å²) in [5.41, 5.74) is 2.60. The first kappa shape index (κ1) is 16.3. The molecule has 3 aromatic rings. The van der Waals surface area contributed by atoms with Crippen molar-refractivity contribution in [2.24, 2.45) is 0 Å². The predicted octanol–water partition coefficient (Wildman–Crippen LogP) is 3.23. The van der Waals surface area contributed by atoms with Crippen LogP contribution in [0.25, 0.3) is 10.9 Å². The number of fused-ring (bicyclic) bond motifs is 1. The molecule has 0 atom stereocenters. The van der Waals surface area contributed by atoms with E-state index in [2.05, 4.69) is 31.5 Å². The summed E-state index contributed by atoms with van der Waals surface area (Å²) in [7, 11) is 0. The minimum absolute atomic E-state index is 0.0583. The zero-order valence-corrected chi connectivity index (χ0v) is 14.4. The van der Waals surface area contributed by atoms with Crippen molar-refractivity contribution in [1.29, 1.82) is 0 Å². The Hall–Kier alpha value is -2.60. The second kappa shape index (κ2) is 7.31. The van der Waals surface area contributed by atoms with Crippen molar-refractivity contribution in [3.8, 4) is 0 Å². The van der Waals surface area contributed by atoms with E-state index in [0.717, 1.165) is 20.9 Å². The van der Waals surface area contributed by atoms with E-state index in [-0.39, 0.29) is 24.8 Å². The molecule has 0 spiro atoms. The molecule has 0 bridgehead atoms. The number of aromatic nitrogens is 1. The molecule has 3 N–H and O–H groups in total. The SMILES string of the molecule is O=C(Cc1c[nH]c2ccccc12)NCC(=O)Nc1ccc(Br)cc1. The van der Waals surface area contributed by atoms with Crippen LogP contribution in [0.1, 0.15) is 5.56 Å². The zero-order chi connectivity index (χ0) is 16.9. The summed E-state index contributed by atoms with van der Waals surface area (Å²) in [6.07, 6.45) is 2.06. The van der Waals surface area contributed by atoms with Crippen molar-refractivity contribution in [3.05, 3.63) is 64.8 Å². The summed E-state index contributed by atoms with van der Waals surface area (Å²) in [5.74, 6) is -0.449. The maximum Gasteiger partial charge on any atom is 0.243 e. The Labute approximate surface area is 147 Å². The zero-order valence-electron chi connectivity index (χ0n) is 12.8. The lowest BCUT2D eigenvalue weighted by Crippen LogP contribution is -2.33. The van der Waals surface area contributed by atoms with Gasteiger partial charge >= 0.3 is 0 Å². The van der Waals surface area contributed by atoms with Gasteiger partial charge in [-0.3, -0.25) is 9.59 Å². The van der Waals surface area contributed by atoms with Gasteiger partial charge in [0, 0.05) is 27.3 Å². The number of benzene rings is 2. The number of hydrogen-bond acceptors (Lipinski definition) is 2. The van der Waals surface area contributed by atoms with Gasteiger partial charge in [-0.1, -0.05) is 34.1 Å². The highest BCUT2D eigenvalue weighted by atomic mass is 79.9. The van der Waals surface area contributed by atoms with Crippen LogP contribution in [0.5, 0.6) is 0 Å². The number of hydrogen-bond donors (Lipinski definition) is 3. The summed E-state index contributed by atoms with van der Waals surface area (Å²) in [4.78, 5) is 27.0. The van der Waals surface area contributed by atoms with Crippen LogP contribution < -0.4 is 10.6 Å². The highest BCUT2D eigenvalue weighted by Gasteiger charge is 2.10. The van der Waals surface area contributed by atoms with Crippen LogP contribution >= 0.6 is 15.9 Å². The fourth-order valence-electron chi connectivity index (χ4n) is 2.43. The van der Waals surface area contributed by atoms with Crippen molar-refractivity contribution < 1.29 is 9.59 Å². The maximum atomic E-state index is 12.0. The molecule has 6 heteroatoms. The van der Waals surface area contributed by atoms with Crippen LogP contribution in [0, 0.1) is 0 Å². The molecule has 2 aromatic carbocycles. The number of para-hydroxylation sites is 1. The third-order valence-corrected chi connectivity index (χ3v) is 4.13. The van der Waals surface area contributed by atoms with Crippen molar-refractivity contribution >= 4 is 44.3 Å². The molecule has 2 amide bonds. The number of nitrogens with one attached hydrogen (secondary N) is 3. The Bertz CT molecular complexity index is 871. The number of aromatic amines is 1. The third-order valence-electron chi connectivity index (χ3n) is 3.60. The van der Waals surface area contributed by atoms with Gasteiger partial charge in [-0.25, -0.2) is 0 Å². The van der Waals surface area contributed by atoms with Gasteiger partial charge in [0.1, 0.15) is 0 Å². The molecule has 0 unspecified atom stereocenters. The molecular weight excluding hydrogens is 370 g/mol. The number of amides is 2. The van der Waals surface area contributed by atoms with Crippen LogP contribution in [-0.4, -0.2) is 23.3 Å². The largest absolute Gasteiger partial charge is 0.361 e. The Kier molecular flexibility index (Phi) is 4.96. The van der Waals surface area contributed by atoms with Gasteiger partial charge in [-0.2, -0.15) is 0 Å².